The normalized spacial score (nSPS) is 12.4. The highest BCUT2D eigenvalue weighted by Crippen LogP contribution is 2.41. The summed E-state index contributed by atoms with van der Waals surface area (Å²) in [5.41, 5.74) is 5.39. The van der Waals surface area contributed by atoms with Crippen molar-refractivity contribution in [2.45, 2.75) is 13.0 Å². The summed E-state index contributed by atoms with van der Waals surface area (Å²) in [6.07, 6.45) is 0.447. The van der Waals surface area contributed by atoms with Crippen LogP contribution in [0.25, 0.3) is 16.9 Å². The first kappa shape index (κ1) is 21.3. The van der Waals surface area contributed by atoms with Crippen molar-refractivity contribution in [2.24, 2.45) is 5.92 Å². The first-order valence-corrected chi connectivity index (χ1v) is 10.8. The Labute approximate surface area is 195 Å². The fourth-order valence-electron chi connectivity index (χ4n) is 4.24. The Morgan fingerprint density at radius 1 is 1.06 bits per heavy atom. The number of nitrogens with one attached hydrogen (secondary N) is 1. The number of carbonyl (C=O) groups excluding carboxylic acids is 2. The lowest BCUT2D eigenvalue weighted by atomic mass is 9.98. The van der Waals surface area contributed by atoms with Gasteiger partial charge in [0.05, 0.1) is 24.1 Å². The Morgan fingerprint density at radius 3 is 2.44 bits per heavy atom. The summed E-state index contributed by atoms with van der Waals surface area (Å²) in [5.74, 6) is -2.88. The Bertz CT molecular complexity index is 1440. The molecule has 0 saturated carbocycles. The van der Waals surface area contributed by atoms with Crippen LogP contribution in [0.5, 0.6) is 0 Å². The number of aromatic nitrogens is 2. The zero-order valence-electron chi connectivity index (χ0n) is 18.1. The SMILES string of the molecule is N#CC(C(=O)Nc1ccccc1)C(=O)c1nn(-c2ccccc2)c2c1Cc1ccc(CO)cc1-2. The van der Waals surface area contributed by atoms with Crippen LogP contribution in [0.4, 0.5) is 5.69 Å². The maximum Gasteiger partial charge on any atom is 0.249 e. The second-order valence-corrected chi connectivity index (χ2v) is 8.03. The van der Waals surface area contributed by atoms with Crippen molar-refractivity contribution >= 4 is 17.4 Å². The Kier molecular flexibility index (Phi) is 5.50. The first-order chi connectivity index (χ1) is 16.6. The molecule has 7 nitrogen and oxygen atoms in total. The van der Waals surface area contributed by atoms with E-state index in [4.69, 9.17) is 0 Å². The molecule has 0 bridgehead atoms. The van der Waals surface area contributed by atoms with Crippen molar-refractivity contribution in [3.05, 3.63) is 101 Å². The van der Waals surface area contributed by atoms with E-state index >= 15 is 0 Å². The molecule has 1 unspecified atom stereocenters. The van der Waals surface area contributed by atoms with Crippen molar-refractivity contribution in [1.82, 2.24) is 9.78 Å². The quantitative estimate of drug-likeness (QED) is 0.303. The summed E-state index contributed by atoms with van der Waals surface area (Å²) in [4.78, 5) is 26.3. The largest absolute Gasteiger partial charge is 0.392 e. The number of fused-ring (bicyclic) bond motifs is 3. The maximum atomic E-state index is 13.5. The monoisotopic (exact) mass is 448 g/mol. The van der Waals surface area contributed by atoms with Crippen LogP contribution < -0.4 is 5.32 Å². The van der Waals surface area contributed by atoms with E-state index in [-0.39, 0.29) is 12.3 Å². The number of benzene rings is 3. The Morgan fingerprint density at radius 2 is 1.76 bits per heavy atom. The van der Waals surface area contributed by atoms with Gasteiger partial charge < -0.3 is 10.4 Å². The zero-order valence-corrected chi connectivity index (χ0v) is 18.1. The van der Waals surface area contributed by atoms with Crippen LogP contribution in [0, 0.1) is 17.2 Å². The fraction of sp³-hybridized carbons (Fsp3) is 0.111. The minimum absolute atomic E-state index is 0.107. The smallest absolute Gasteiger partial charge is 0.249 e. The van der Waals surface area contributed by atoms with Gasteiger partial charge in [0.1, 0.15) is 5.69 Å². The number of aliphatic hydroxyl groups is 1. The molecule has 166 valence electrons. The third-order valence-electron chi connectivity index (χ3n) is 5.89. The number of Topliss-reactive ketones (excluding diaryl/α,β-unsaturated/α-hetero) is 1. The van der Waals surface area contributed by atoms with Crippen molar-refractivity contribution in [1.29, 1.82) is 5.26 Å². The van der Waals surface area contributed by atoms with Crippen molar-refractivity contribution in [2.75, 3.05) is 5.32 Å². The number of aliphatic hydroxyl groups excluding tert-OH is 1. The fourth-order valence-corrected chi connectivity index (χ4v) is 4.24. The number of hydrogen-bond acceptors (Lipinski definition) is 5. The van der Waals surface area contributed by atoms with E-state index in [1.165, 1.54) is 0 Å². The number of carbonyl (C=O) groups is 2. The summed E-state index contributed by atoms with van der Waals surface area (Å²) < 4.78 is 1.68. The average molecular weight is 448 g/mol. The molecule has 34 heavy (non-hydrogen) atoms. The van der Waals surface area contributed by atoms with E-state index in [1.54, 1.807) is 28.9 Å². The van der Waals surface area contributed by atoms with Crippen LogP contribution in [0.15, 0.2) is 78.9 Å². The Hall–Kier alpha value is -4.54. The molecule has 5 rings (SSSR count). The Balaban J connectivity index is 1.59. The topological polar surface area (TPSA) is 108 Å². The summed E-state index contributed by atoms with van der Waals surface area (Å²) in [5, 5.41) is 26.6. The molecule has 3 aromatic carbocycles. The molecule has 0 radical (unpaired) electrons. The van der Waals surface area contributed by atoms with Crippen LogP contribution in [0.1, 0.15) is 27.2 Å². The minimum atomic E-state index is -1.54. The van der Waals surface area contributed by atoms with Gasteiger partial charge in [0.25, 0.3) is 0 Å². The van der Waals surface area contributed by atoms with E-state index in [0.717, 1.165) is 28.1 Å². The molecule has 0 spiro atoms. The molecule has 1 heterocycles. The van der Waals surface area contributed by atoms with Gasteiger partial charge in [0.15, 0.2) is 5.92 Å². The van der Waals surface area contributed by atoms with E-state index in [9.17, 15) is 20.0 Å². The first-order valence-electron chi connectivity index (χ1n) is 10.8. The van der Waals surface area contributed by atoms with Crippen LogP contribution >= 0.6 is 0 Å². The maximum absolute atomic E-state index is 13.5. The van der Waals surface area contributed by atoms with Crippen molar-refractivity contribution < 1.29 is 14.7 Å². The summed E-state index contributed by atoms with van der Waals surface area (Å²) >= 11 is 0. The number of anilines is 1. The molecule has 1 atom stereocenters. The molecule has 1 amide bonds. The lowest BCUT2D eigenvalue weighted by Gasteiger charge is -2.10. The number of amides is 1. The second-order valence-electron chi connectivity index (χ2n) is 8.03. The average Bonchev–Trinajstić information content (AvgIpc) is 3.42. The standard InChI is InChI=1S/C27H20N4O3/c28-15-23(27(34)29-19-7-3-1-4-8-19)26(33)24-22-14-18-12-11-17(16-32)13-21(18)25(22)31(30-24)20-9-5-2-6-10-20/h1-13,23,32H,14,16H2,(H,29,34). The second kappa shape index (κ2) is 8.77. The number of nitrogens with zero attached hydrogens (tertiary/aromatic N) is 3. The van der Waals surface area contributed by atoms with Gasteiger partial charge in [-0.15, -0.1) is 0 Å². The van der Waals surface area contributed by atoms with E-state index < -0.39 is 17.6 Å². The highest BCUT2D eigenvalue weighted by atomic mass is 16.3. The molecule has 4 aromatic rings. The third kappa shape index (κ3) is 3.66. The molecule has 7 heteroatoms. The molecular weight excluding hydrogens is 428 g/mol. The molecule has 1 aromatic heterocycles. The van der Waals surface area contributed by atoms with Gasteiger partial charge >= 0.3 is 0 Å². The van der Waals surface area contributed by atoms with Gasteiger partial charge in [0, 0.05) is 23.2 Å². The van der Waals surface area contributed by atoms with Crippen LogP contribution in [0.3, 0.4) is 0 Å². The van der Waals surface area contributed by atoms with Gasteiger partial charge in [-0.3, -0.25) is 9.59 Å². The van der Waals surface area contributed by atoms with Gasteiger partial charge in [-0.05, 0) is 41.5 Å². The predicted octanol–water partition coefficient (Wildman–Crippen LogP) is 3.90. The van der Waals surface area contributed by atoms with Gasteiger partial charge in [-0.25, -0.2) is 4.68 Å². The van der Waals surface area contributed by atoms with Crippen LogP contribution in [0.2, 0.25) is 0 Å². The summed E-state index contributed by atoms with van der Waals surface area (Å²) in [7, 11) is 0. The molecule has 0 aliphatic heterocycles. The molecular formula is C27H20N4O3. The molecule has 1 aliphatic rings. The minimum Gasteiger partial charge on any atom is -0.392 e. The van der Waals surface area contributed by atoms with E-state index in [1.807, 2.05) is 60.7 Å². The van der Waals surface area contributed by atoms with Crippen molar-refractivity contribution in [3.63, 3.8) is 0 Å². The third-order valence-corrected chi connectivity index (χ3v) is 5.89. The highest BCUT2D eigenvalue weighted by Gasteiger charge is 2.36. The van der Waals surface area contributed by atoms with E-state index in [2.05, 4.69) is 10.4 Å². The number of para-hydroxylation sites is 2. The lowest BCUT2D eigenvalue weighted by molar-refractivity contribution is -0.117. The number of hydrogen-bond donors (Lipinski definition) is 2. The van der Waals surface area contributed by atoms with Gasteiger partial charge in [-0.2, -0.15) is 10.4 Å². The molecule has 1 aliphatic carbocycles. The molecule has 0 fully saturated rings. The van der Waals surface area contributed by atoms with Gasteiger partial charge in [0.2, 0.25) is 11.7 Å². The summed E-state index contributed by atoms with van der Waals surface area (Å²) in [6.45, 7) is -0.107. The lowest BCUT2D eigenvalue weighted by Crippen LogP contribution is -2.29. The number of nitriles is 1. The predicted molar refractivity (Wildman–Crippen MR) is 126 cm³/mol. The van der Waals surface area contributed by atoms with Crippen LogP contribution in [-0.2, 0) is 17.8 Å². The van der Waals surface area contributed by atoms with Gasteiger partial charge in [-0.1, -0.05) is 48.5 Å². The number of ketones is 1. The summed E-state index contributed by atoms with van der Waals surface area (Å²) in [6, 6.07) is 25.6. The van der Waals surface area contributed by atoms with Crippen molar-refractivity contribution in [3.8, 4) is 23.0 Å². The van der Waals surface area contributed by atoms with Crippen LogP contribution in [-0.4, -0.2) is 26.6 Å². The number of rotatable bonds is 6. The zero-order chi connectivity index (χ0) is 23.7. The highest BCUT2D eigenvalue weighted by molar-refractivity contribution is 6.16. The molecule has 2 N–H and O–H groups in total. The molecule has 0 saturated heterocycles. The van der Waals surface area contributed by atoms with E-state index in [0.29, 0.717) is 17.7 Å².